The summed E-state index contributed by atoms with van der Waals surface area (Å²) in [4.78, 5) is 24.5. The van der Waals surface area contributed by atoms with Gasteiger partial charge in [0.05, 0.1) is 25.4 Å². The molecule has 0 aliphatic rings. The van der Waals surface area contributed by atoms with Gasteiger partial charge in [-0.3, -0.25) is 9.59 Å². The Morgan fingerprint density at radius 1 is 0.400 bits per heavy atom. The number of esters is 1. The van der Waals surface area contributed by atoms with Crippen molar-refractivity contribution < 1.29 is 24.5 Å². The van der Waals surface area contributed by atoms with Crippen LogP contribution in [0.5, 0.6) is 0 Å². The van der Waals surface area contributed by atoms with Crippen molar-refractivity contribution >= 4 is 11.9 Å². The first-order valence-corrected chi connectivity index (χ1v) is 31.6. The maximum absolute atomic E-state index is 12.5. The van der Waals surface area contributed by atoms with Crippen LogP contribution in [0.15, 0.2) is 24.3 Å². The van der Waals surface area contributed by atoms with Gasteiger partial charge in [0.25, 0.3) is 0 Å². The van der Waals surface area contributed by atoms with E-state index in [-0.39, 0.29) is 18.5 Å². The first kappa shape index (κ1) is 68.3. The van der Waals surface area contributed by atoms with Crippen LogP contribution in [0.1, 0.15) is 348 Å². The normalized spacial score (nSPS) is 12.7. The second-order valence-corrected chi connectivity index (χ2v) is 21.7. The van der Waals surface area contributed by atoms with Gasteiger partial charge in [-0.1, -0.05) is 301 Å². The topological polar surface area (TPSA) is 95.9 Å². The van der Waals surface area contributed by atoms with Crippen LogP contribution >= 0.6 is 0 Å². The molecule has 70 heavy (non-hydrogen) atoms. The molecule has 0 heterocycles. The fourth-order valence-corrected chi connectivity index (χ4v) is 9.91. The monoisotopic (exact) mass is 986 g/mol. The quantitative estimate of drug-likeness (QED) is 0.0321. The van der Waals surface area contributed by atoms with E-state index in [1.165, 1.54) is 270 Å². The highest BCUT2D eigenvalue weighted by Crippen LogP contribution is 2.18. The fourth-order valence-electron chi connectivity index (χ4n) is 9.91. The summed E-state index contributed by atoms with van der Waals surface area (Å²) in [5.41, 5.74) is 0. The summed E-state index contributed by atoms with van der Waals surface area (Å²) in [5, 5.41) is 23.3. The summed E-state index contributed by atoms with van der Waals surface area (Å²) in [7, 11) is 0. The van der Waals surface area contributed by atoms with Crippen molar-refractivity contribution in [1.29, 1.82) is 0 Å². The van der Waals surface area contributed by atoms with Gasteiger partial charge in [0, 0.05) is 12.8 Å². The Hall–Kier alpha value is -1.66. The highest BCUT2D eigenvalue weighted by Gasteiger charge is 2.20. The summed E-state index contributed by atoms with van der Waals surface area (Å²) in [6.45, 7) is 4.97. The van der Waals surface area contributed by atoms with Gasteiger partial charge >= 0.3 is 5.97 Å². The van der Waals surface area contributed by atoms with Crippen molar-refractivity contribution in [3.05, 3.63) is 24.3 Å². The Morgan fingerprint density at radius 2 is 0.714 bits per heavy atom. The van der Waals surface area contributed by atoms with Gasteiger partial charge in [-0.2, -0.15) is 0 Å². The van der Waals surface area contributed by atoms with Crippen LogP contribution in [0.3, 0.4) is 0 Å². The number of allylic oxidation sites excluding steroid dienone is 4. The van der Waals surface area contributed by atoms with E-state index in [4.69, 9.17) is 4.74 Å². The van der Waals surface area contributed by atoms with Crippen molar-refractivity contribution in [2.24, 2.45) is 0 Å². The predicted octanol–water partition coefficient (Wildman–Crippen LogP) is 19.8. The second-order valence-electron chi connectivity index (χ2n) is 21.7. The Balaban J connectivity index is 3.44. The molecular weight excluding hydrogens is 863 g/mol. The third kappa shape index (κ3) is 55.7. The predicted molar refractivity (Wildman–Crippen MR) is 306 cm³/mol. The van der Waals surface area contributed by atoms with Crippen LogP contribution in [0.25, 0.3) is 0 Å². The Bertz CT molecular complexity index is 1090. The number of hydrogen-bond donors (Lipinski definition) is 3. The minimum Gasteiger partial charge on any atom is -0.466 e. The standard InChI is InChI=1S/C64H123NO5/c1-3-5-7-9-11-13-15-17-19-29-32-36-40-44-48-52-56-62(67)61(60-66)65-63(68)57-53-49-45-41-37-33-30-27-25-23-21-20-22-24-26-28-31-35-39-43-47-51-55-59-70-64(69)58-54-50-46-42-38-34-18-16-14-12-10-8-6-4-2/h20,22-23,25,61-62,66-67H,3-19,21,24,26-60H2,1-2H3,(H,65,68)/b22-20-,25-23-. The lowest BCUT2D eigenvalue weighted by Crippen LogP contribution is -2.45. The van der Waals surface area contributed by atoms with E-state index in [1.807, 2.05) is 0 Å². The third-order valence-electron chi connectivity index (χ3n) is 14.8. The average Bonchev–Trinajstić information content (AvgIpc) is 3.36. The minimum atomic E-state index is -0.671. The molecule has 0 aliphatic carbocycles. The lowest BCUT2D eigenvalue weighted by molar-refractivity contribution is -0.143. The molecule has 0 fully saturated rings. The van der Waals surface area contributed by atoms with E-state index < -0.39 is 12.1 Å². The van der Waals surface area contributed by atoms with Crippen LogP contribution in [0.2, 0.25) is 0 Å². The van der Waals surface area contributed by atoms with E-state index >= 15 is 0 Å². The SMILES string of the molecule is CCCCCCCCCCCCCCCCCCC(O)C(CO)NC(=O)CCCCCCCCC/C=C\C/C=C\CCCCCCCCCCCOC(=O)CCCCCCCCCCCCCCCC. The van der Waals surface area contributed by atoms with Crippen LogP contribution < -0.4 is 5.32 Å². The number of rotatable bonds is 59. The highest BCUT2D eigenvalue weighted by atomic mass is 16.5. The molecule has 6 nitrogen and oxygen atoms in total. The largest absolute Gasteiger partial charge is 0.466 e. The number of amides is 1. The van der Waals surface area contributed by atoms with Crippen molar-refractivity contribution in [2.45, 2.75) is 360 Å². The Morgan fingerprint density at radius 3 is 1.09 bits per heavy atom. The molecule has 414 valence electrons. The van der Waals surface area contributed by atoms with Crippen molar-refractivity contribution in [3.63, 3.8) is 0 Å². The molecule has 0 bridgehead atoms. The second kappa shape index (κ2) is 59.9. The van der Waals surface area contributed by atoms with Gasteiger partial charge in [-0.15, -0.1) is 0 Å². The van der Waals surface area contributed by atoms with E-state index in [0.29, 0.717) is 25.9 Å². The van der Waals surface area contributed by atoms with Crippen LogP contribution in [0.4, 0.5) is 0 Å². The van der Waals surface area contributed by atoms with Gasteiger partial charge < -0.3 is 20.3 Å². The number of nitrogens with one attached hydrogen (secondary N) is 1. The van der Waals surface area contributed by atoms with Gasteiger partial charge in [0.15, 0.2) is 0 Å². The number of ether oxygens (including phenoxy) is 1. The number of aliphatic hydroxyl groups is 2. The molecule has 2 unspecified atom stereocenters. The average molecular weight is 987 g/mol. The van der Waals surface area contributed by atoms with Crippen LogP contribution in [-0.2, 0) is 14.3 Å². The maximum Gasteiger partial charge on any atom is 0.305 e. The summed E-state index contributed by atoms with van der Waals surface area (Å²) in [6, 6.07) is -0.549. The summed E-state index contributed by atoms with van der Waals surface area (Å²) >= 11 is 0. The van der Waals surface area contributed by atoms with Crippen molar-refractivity contribution in [2.75, 3.05) is 13.2 Å². The van der Waals surface area contributed by atoms with Gasteiger partial charge in [0.1, 0.15) is 0 Å². The molecule has 0 radical (unpaired) electrons. The van der Waals surface area contributed by atoms with Crippen molar-refractivity contribution in [1.82, 2.24) is 5.32 Å². The van der Waals surface area contributed by atoms with Gasteiger partial charge in [-0.05, 0) is 57.8 Å². The molecule has 0 aromatic rings. The molecule has 0 saturated heterocycles. The first-order valence-electron chi connectivity index (χ1n) is 31.6. The Kier molecular flexibility index (Phi) is 58.5. The van der Waals surface area contributed by atoms with Gasteiger partial charge in [-0.25, -0.2) is 0 Å². The van der Waals surface area contributed by atoms with Crippen LogP contribution in [-0.4, -0.2) is 47.4 Å². The molecule has 6 heteroatoms. The lowest BCUT2D eigenvalue weighted by atomic mass is 10.0. The van der Waals surface area contributed by atoms with E-state index in [9.17, 15) is 19.8 Å². The van der Waals surface area contributed by atoms with E-state index in [1.54, 1.807) is 0 Å². The highest BCUT2D eigenvalue weighted by molar-refractivity contribution is 5.76. The lowest BCUT2D eigenvalue weighted by Gasteiger charge is -2.22. The summed E-state index contributed by atoms with van der Waals surface area (Å²) in [6.07, 6.45) is 73.3. The third-order valence-corrected chi connectivity index (χ3v) is 14.8. The van der Waals surface area contributed by atoms with Gasteiger partial charge in [0.2, 0.25) is 5.91 Å². The molecule has 3 N–H and O–H groups in total. The number of hydrogen-bond acceptors (Lipinski definition) is 5. The molecule has 0 spiro atoms. The summed E-state index contributed by atoms with van der Waals surface area (Å²) in [5.74, 6) is -0.0334. The van der Waals surface area contributed by atoms with E-state index in [2.05, 4.69) is 43.5 Å². The zero-order valence-electron chi connectivity index (χ0n) is 47.3. The molecule has 0 rings (SSSR count). The zero-order valence-corrected chi connectivity index (χ0v) is 47.3. The smallest absolute Gasteiger partial charge is 0.305 e. The molecule has 0 aromatic heterocycles. The minimum absolute atomic E-state index is 0.00976. The number of carbonyl (C=O) groups is 2. The molecule has 1 amide bonds. The molecular formula is C64H123NO5. The maximum atomic E-state index is 12.5. The number of aliphatic hydroxyl groups excluding tert-OH is 2. The molecule has 0 saturated carbocycles. The number of carbonyl (C=O) groups excluding carboxylic acids is 2. The number of unbranched alkanes of at least 4 members (excludes halogenated alkanes) is 44. The molecule has 0 aromatic carbocycles. The van der Waals surface area contributed by atoms with E-state index in [0.717, 1.165) is 44.9 Å². The molecule has 2 atom stereocenters. The fraction of sp³-hybridized carbons (Fsp3) is 0.906. The van der Waals surface area contributed by atoms with Crippen LogP contribution in [0, 0.1) is 0 Å². The summed E-state index contributed by atoms with van der Waals surface area (Å²) < 4.78 is 5.48. The zero-order chi connectivity index (χ0) is 50.7. The Labute approximate surface area is 437 Å². The first-order chi connectivity index (χ1) is 34.5. The molecule has 0 aliphatic heterocycles. The van der Waals surface area contributed by atoms with Crippen molar-refractivity contribution in [3.8, 4) is 0 Å².